The summed E-state index contributed by atoms with van der Waals surface area (Å²) in [4.78, 5) is 52.8. The van der Waals surface area contributed by atoms with Crippen LogP contribution in [0.2, 0.25) is 0 Å². The summed E-state index contributed by atoms with van der Waals surface area (Å²) in [6.07, 6.45) is 6.85. The molecule has 0 amide bonds. The maximum atomic E-state index is 12.9. The van der Waals surface area contributed by atoms with E-state index in [2.05, 4.69) is 19.2 Å². The Morgan fingerprint density at radius 2 is 1.97 bits per heavy atom. The maximum Gasteiger partial charge on any atom is 0.303 e. The van der Waals surface area contributed by atoms with Crippen LogP contribution in [0.15, 0.2) is 17.0 Å². The lowest BCUT2D eigenvalue weighted by atomic mass is 9.46. The second kappa shape index (κ2) is 7.57. The van der Waals surface area contributed by atoms with Crippen molar-refractivity contribution in [2.75, 3.05) is 6.61 Å². The molecule has 30 heavy (non-hydrogen) atoms. The van der Waals surface area contributed by atoms with Crippen LogP contribution in [0.5, 0.6) is 0 Å². The van der Waals surface area contributed by atoms with E-state index >= 15 is 0 Å². The summed E-state index contributed by atoms with van der Waals surface area (Å²) in [5.41, 5.74) is 0.701. The van der Waals surface area contributed by atoms with Crippen molar-refractivity contribution in [1.82, 2.24) is 0 Å². The van der Waals surface area contributed by atoms with Gasteiger partial charge in [-0.1, -0.05) is 19.4 Å². The third-order valence-corrected chi connectivity index (χ3v) is 8.86. The Bertz CT molecular complexity index is 806. The Labute approximate surface area is 176 Å². The first-order valence-corrected chi connectivity index (χ1v) is 11.1. The topological polar surface area (TPSA) is 99.1 Å². The number of ketones is 2. The predicted molar refractivity (Wildman–Crippen MR) is 108 cm³/mol. The van der Waals surface area contributed by atoms with E-state index < -0.39 is 5.97 Å². The summed E-state index contributed by atoms with van der Waals surface area (Å²) in [6.45, 7) is 5.46. The van der Waals surface area contributed by atoms with Crippen molar-refractivity contribution >= 4 is 17.5 Å². The highest BCUT2D eigenvalue weighted by Crippen LogP contribution is 2.67. The van der Waals surface area contributed by atoms with Crippen molar-refractivity contribution in [1.29, 1.82) is 0 Å². The zero-order chi connectivity index (χ0) is 21.7. The van der Waals surface area contributed by atoms with Crippen LogP contribution in [0.4, 0.5) is 0 Å². The number of hydrogen-bond acceptors (Lipinski definition) is 7. The molecule has 4 aliphatic rings. The lowest BCUT2D eigenvalue weighted by molar-refractivity contribution is -0.162. The molecule has 0 radical (unpaired) electrons. The Hall–Kier alpha value is -2.05. The number of esters is 1. The summed E-state index contributed by atoms with van der Waals surface area (Å²) >= 11 is 0. The molecule has 2 unspecified atom stereocenters. The summed E-state index contributed by atoms with van der Waals surface area (Å²) in [5.74, 6) is 0.252. The number of Topliss-reactive ketones (excluding diaryl/α,β-unsaturated/α-hetero) is 1. The lowest BCUT2D eigenvalue weighted by Crippen LogP contribution is -2.57. The van der Waals surface area contributed by atoms with Gasteiger partial charge in [0.1, 0.15) is 12.7 Å². The fourth-order valence-corrected chi connectivity index (χ4v) is 7.61. The molecule has 3 fully saturated rings. The number of fused-ring (bicyclic) bond motifs is 5. The van der Waals surface area contributed by atoms with Gasteiger partial charge in [-0.05, 0) is 67.3 Å². The molecule has 3 saturated carbocycles. The number of hydrogen-bond donors (Lipinski definition) is 0. The minimum Gasteiger partial charge on any atom is -0.458 e. The highest BCUT2D eigenvalue weighted by Gasteiger charge is 2.64. The summed E-state index contributed by atoms with van der Waals surface area (Å²) in [7, 11) is 0. The molecule has 7 nitrogen and oxygen atoms in total. The van der Waals surface area contributed by atoms with Gasteiger partial charge in [-0.3, -0.25) is 14.4 Å². The van der Waals surface area contributed by atoms with Crippen LogP contribution in [0.25, 0.3) is 0 Å². The number of ether oxygens (including phenoxy) is 1. The van der Waals surface area contributed by atoms with E-state index in [1.807, 2.05) is 6.08 Å². The molecule has 0 spiro atoms. The smallest absolute Gasteiger partial charge is 0.303 e. The summed E-state index contributed by atoms with van der Waals surface area (Å²) < 4.78 is 4.99. The van der Waals surface area contributed by atoms with Gasteiger partial charge in [0.05, 0.1) is 0 Å². The number of carbonyl (C=O) groups excluding carboxylic acids is 3. The van der Waals surface area contributed by atoms with Crippen molar-refractivity contribution in [2.24, 2.45) is 39.8 Å². The van der Waals surface area contributed by atoms with E-state index in [4.69, 9.17) is 9.57 Å². The van der Waals surface area contributed by atoms with E-state index in [0.717, 1.165) is 32.1 Å². The predicted octanol–water partition coefficient (Wildman–Crippen LogP) is 3.94. The van der Waals surface area contributed by atoms with E-state index in [1.165, 1.54) is 12.5 Å². The molecule has 0 N–H and O–H groups in total. The molecule has 0 heterocycles. The SMILES string of the molecule is CC(=O)OCC(=O)[C@H]1CC[C@H]2C3CCC4=CC(=O)CC[C@]4(C)C3[C@@H](ON=O)C[C@]12C. The molecule has 0 bridgehead atoms. The molecule has 0 aromatic carbocycles. The molecule has 0 aromatic heterocycles. The van der Waals surface area contributed by atoms with Crippen molar-refractivity contribution in [3.8, 4) is 0 Å². The zero-order valence-electron chi connectivity index (χ0n) is 18.0. The van der Waals surface area contributed by atoms with Crippen LogP contribution in [0, 0.1) is 39.4 Å². The summed E-state index contributed by atoms with van der Waals surface area (Å²) in [6, 6.07) is 0. The quantitative estimate of drug-likeness (QED) is 0.382. The Morgan fingerprint density at radius 3 is 2.67 bits per heavy atom. The third kappa shape index (κ3) is 3.21. The number of rotatable bonds is 5. The van der Waals surface area contributed by atoms with Crippen LogP contribution in [-0.2, 0) is 24.0 Å². The first-order valence-electron chi connectivity index (χ1n) is 11.1. The van der Waals surface area contributed by atoms with E-state index in [1.54, 1.807) is 0 Å². The highest BCUT2D eigenvalue weighted by molar-refractivity contribution is 5.91. The number of allylic oxidation sites excluding steroid dienone is 1. The molecule has 7 heteroatoms. The van der Waals surface area contributed by atoms with Crippen molar-refractivity contribution in [2.45, 2.75) is 71.8 Å². The van der Waals surface area contributed by atoms with Crippen LogP contribution in [0.3, 0.4) is 0 Å². The molecule has 4 rings (SSSR count). The molecular formula is C23H31NO6. The average Bonchev–Trinajstić information content (AvgIpc) is 3.03. The normalized spacial score (nSPS) is 42.3. The van der Waals surface area contributed by atoms with Crippen LogP contribution < -0.4 is 0 Å². The van der Waals surface area contributed by atoms with Gasteiger partial charge in [0.2, 0.25) is 0 Å². The molecule has 164 valence electrons. The Balaban J connectivity index is 1.66. The average molecular weight is 418 g/mol. The second-order valence-corrected chi connectivity index (χ2v) is 10.2. The summed E-state index contributed by atoms with van der Waals surface area (Å²) in [5, 5.41) is 2.82. The molecule has 0 aromatic rings. The highest BCUT2D eigenvalue weighted by atomic mass is 16.7. The first-order chi connectivity index (χ1) is 14.2. The van der Waals surface area contributed by atoms with Gasteiger partial charge < -0.3 is 9.57 Å². The number of carbonyl (C=O) groups is 3. The minimum atomic E-state index is -0.454. The van der Waals surface area contributed by atoms with Crippen LogP contribution in [-0.4, -0.2) is 30.2 Å². The third-order valence-electron chi connectivity index (χ3n) is 8.86. The molecular weight excluding hydrogens is 386 g/mol. The fourth-order valence-electron chi connectivity index (χ4n) is 7.61. The first kappa shape index (κ1) is 21.2. The van der Waals surface area contributed by atoms with Gasteiger partial charge >= 0.3 is 5.97 Å². The van der Waals surface area contributed by atoms with Gasteiger partial charge in [0.25, 0.3) is 0 Å². The monoisotopic (exact) mass is 417 g/mol. The van der Waals surface area contributed by atoms with Gasteiger partial charge in [0.15, 0.2) is 16.9 Å². The van der Waals surface area contributed by atoms with E-state index in [-0.39, 0.29) is 46.9 Å². The largest absolute Gasteiger partial charge is 0.458 e. The minimum absolute atomic E-state index is 0.0441. The lowest BCUT2D eigenvalue weighted by Gasteiger charge is -2.59. The maximum absolute atomic E-state index is 12.9. The molecule has 0 aliphatic heterocycles. The van der Waals surface area contributed by atoms with Gasteiger partial charge in [-0.2, -0.15) is 0 Å². The second-order valence-electron chi connectivity index (χ2n) is 10.2. The Kier molecular flexibility index (Phi) is 5.35. The van der Waals surface area contributed by atoms with Crippen molar-refractivity contribution in [3.63, 3.8) is 0 Å². The van der Waals surface area contributed by atoms with Gasteiger partial charge in [-0.15, -0.1) is 4.91 Å². The van der Waals surface area contributed by atoms with Crippen LogP contribution >= 0.6 is 0 Å². The van der Waals surface area contributed by atoms with Crippen molar-refractivity contribution in [3.05, 3.63) is 16.6 Å². The zero-order valence-corrected chi connectivity index (χ0v) is 18.0. The van der Waals surface area contributed by atoms with Crippen LogP contribution in [0.1, 0.15) is 65.7 Å². The van der Waals surface area contributed by atoms with Gasteiger partial charge in [0, 0.05) is 25.2 Å². The molecule has 7 atom stereocenters. The molecule has 0 saturated heterocycles. The van der Waals surface area contributed by atoms with Gasteiger partial charge in [-0.25, -0.2) is 0 Å². The fraction of sp³-hybridized carbons (Fsp3) is 0.783. The van der Waals surface area contributed by atoms with Crippen molar-refractivity contribution < 1.29 is 24.0 Å². The number of nitrogens with zero attached hydrogens (tertiary/aromatic N) is 1. The van der Waals surface area contributed by atoms with E-state index in [0.29, 0.717) is 24.7 Å². The Morgan fingerprint density at radius 1 is 1.20 bits per heavy atom. The molecule has 4 aliphatic carbocycles. The van der Waals surface area contributed by atoms with E-state index in [9.17, 15) is 19.3 Å². The standard InChI is InChI=1S/C23H31NO6/c1-13(25)29-12-19(27)18-7-6-17-16-5-4-14-10-15(26)8-9-22(14,2)21(16)20(30-24-28)11-23(17,18)3/h10,16-18,20-21H,4-9,11-12H2,1-3H3/t16?,17-,18+,20-,21?,22-,23-/m0/s1.